The van der Waals surface area contributed by atoms with Crippen molar-refractivity contribution in [1.29, 1.82) is 0 Å². The first-order valence-electron chi connectivity index (χ1n) is 4.26. The van der Waals surface area contributed by atoms with Gasteiger partial charge in [-0.2, -0.15) is 0 Å². The van der Waals surface area contributed by atoms with E-state index in [1.54, 1.807) is 0 Å². The maximum absolute atomic E-state index is 10.7. The van der Waals surface area contributed by atoms with Gasteiger partial charge in [-0.1, -0.05) is 0 Å². The Morgan fingerprint density at radius 3 is 2.07 bits per heavy atom. The number of hydrogen-bond acceptors (Lipinski definition) is 4. The fourth-order valence-electron chi connectivity index (χ4n) is 1.42. The third-order valence-electron chi connectivity index (χ3n) is 2.38. The molecule has 0 unspecified atom stereocenters. The molecule has 0 aromatic heterocycles. The third-order valence-corrected chi connectivity index (χ3v) is 2.38. The van der Waals surface area contributed by atoms with Crippen molar-refractivity contribution in [3.8, 4) is 0 Å². The number of carbonyl (C=O) groups is 1. The van der Waals surface area contributed by atoms with Gasteiger partial charge >= 0.3 is 11.9 Å². The normalized spacial score (nSPS) is 11.5. The number of benzene rings is 1. The van der Waals surface area contributed by atoms with E-state index in [0.717, 1.165) is 0 Å². The second-order valence-corrected chi connectivity index (χ2v) is 3.35. The molecule has 0 radical (unpaired) electrons. The summed E-state index contributed by atoms with van der Waals surface area (Å²) in [4.78, 5) is 10.7. The molecule has 0 spiro atoms. The molecule has 5 heteroatoms. The predicted molar refractivity (Wildman–Crippen MR) is 51.2 cm³/mol. The molecular weight excluding hydrogens is 200 g/mol. The van der Waals surface area contributed by atoms with Gasteiger partial charge in [-0.25, -0.2) is 4.79 Å². The van der Waals surface area contributed by atoms with E-state index < -0.39 is 11.9 Å². The lowest BCUT2D eigenvalue weighted by atomic mass is 9.97. The zero-order valence-corrected chi connectivity index (χ0v) is 8.35. The van der Waals surface area contributed by atoms with E-state index in [0.29, 0.717) is 11.1 Å². The molecule has 1 aromatic rings. The van der Waals surface area contributed by atoms with Gasteiger partial charge in [0.05, 0.1) is 5.56 Å². The van der Waals surface area contributed by atoms with E-state index in [4.69, 9.17) is 20.4 Å². The molecule has 0 aliphatic heterocycles. The minimum Gasteiger partial charge on any atom is -0.478 e. The quantitative estimate of drug-likeness (QED) is 0.521. The van der Waals surface area contributed by atoms with Crippen molar-refractivity contribution in [2.24, 2.45) is 0 Å². The maximum atomic E-state index is 10.7. The van der Waals surface area contributed by atoms with E-state index in [1.807, 2.05) is 0 Å². The minimum absolute atomic E-state index is 0.0699. The molecule has 1 rings (SSSR count). The van der Waals surface area contributed by atoms with Crippen molar-refractivity contribution >= 4 is 5.97 Å². The van der Waals surface area contributed by atoms with E-state index in [-0.39, 0.29) is 11.1 Å². The Hall–Kier alpha value is -1.43. The molecule has 0 saturated carbocycles. The van der Waals surface area contributed by atoms with Gasteiger partial charge < -0.3 is 20.4 Å². The lowest BCUT2D eigenvalue weighted by Crippen LogP contribution is -2.25. The van der Waals surface area contributed by atoms with Gasteiger partial charge in [-0.3, -0.25) is 0 Å². The second kappa shape index (κ2) is 3.62. The van der Waals surface area contributed by atoms with Crippen LogP contribution in [0.15, 0.2) is 12.1 Å². The summed E-state index contributed by atoms with van der Waals surface area (Å²) in [6.07, 6.45) is 0. The van der Waals surface area contributed by atoms with Gasteiger partial charge in [0.2, 0.25) is 0 Å². The fraction of sp³-hybridized carbons (Fsp3) is 0.300. The van der Waals surface area contributed by atoms with Gasteiger partial charge in [0.25, 0.3) is 0 Å². The topological polar surface area (TPSA) is 98.0 Å². The standard InChI is InChI=1S/C10H12O5/c1-5-6(2)8(10(13,14)15)4-3-7(5)9(11)12/h3-4,13-15H,1-2H3,(H,11,12). The van der Waals surface area contributed by atoms with E-state index >= 15 is 0 Å². The highest BCUT2D eigenvalue weighted by molar-refractivity contribution is 5.89. The Bertz CT molecular complexity index is 403. The van der Waals surface area contributed by atoms with Crippen LogP contribution in [0, 0.1) is 13.8 Å². The Balaban J connectivity index is 3.41. The summed E-state index contributed by atoms with van der Waals surface area (Å²) in [7, 11) is 0. The highest BCUT2D eigenvalue weighted by atomic mass is 16.7. The predicted octanol–water partition coefficient (Wildman–Crippen LogP) is 0.0888. The van der Waals surface area contributed by atoms with Crippen LogP contribution in [0.4, 0.5) is 0 Å². The first-order chi connectivity index (χ1) is 6.75. The Morgan fingerprint density at radius 1 is 1.13 bits per heavy atom. The molecule has 0 atom stereocenters. The number of carboxylic acid groups (broad SMARTS) is 1. The van der Waals surface area contributed by atoms with Gasteiger partial charge in [-0.15, -0.1) is 0 Å². The summed E-state index contributed by atoms with van der Waals surface area (Å²) >= 11 is 0. The minimum atomic E-state index is -2.94. The Labute approximate surface area is 86.2 Å². The highest BCUT2D eigenvalue weighted by Crippen LogP contribution is 2.24. The average Bonchev–Trinajstić information content (AvgIpc) is 2.06. The Kier molecular flexibility index (Phi) is 2.81. The van der Waals surface area contributed by atoms with E-state index in [2.05, 4.69) is 0 Å². The average molecular weight is 212 g/mol. The van der Waals surface area contributed by atoms with Crippen LogP contribution in [0.5, 0.6) is 0 Å². The molecule has 5 nitrogen and oxygen atoms in total. The van der Waals surface area contributed by atoms with Crippen molar-refractivity contribution in [3.63, 3.8) is 0 Å². The number of aliphatic hydroxyl groups is 3. The van der Waals surface area contributed by atoms with Gasteiger partial charge in [0, 0.05) is 5.56 Å². The molecular formula is C10H12O5. The smallest absolute Gasteiger partial charge is 0.335 e. The second-order valence-electron chi connectivity index (χ2n) is 3.35. The molecule has 82 valence electrons. The number of aromatic carboxylic acids is 1. The fourth-order valence-corrected chi connectivity index (χ4v) is 1.42. The van der Waals surface area contributed by atoms with E-state index in [1.165, 1.54) is 26.0 Å². The van der Waals surface area contributed by atoms with Crippen LogP contribution >= 0.6 is 0 Å². The summed E-state index contributed by atoms with van der Waals surface area (Å²) in [6, 6.07) is 2.39. The first-order valence-corrected chi connectivity index (χ1v) is 4.26. The molecule has 15 heavy (non-hydrogen) atoms. The monoisotopic (exact) mass is 212 g/mol. The largest absolute Gasteiger partial charge is 0.478 e. The number of hydrogen-bond donors (Lipinski definition) is 4. The molecule has 0 amide bonds. The number of carboxylic acids is 1. The van der Waals surface area contributed by atoms with Gasteiger partial charge in [0.15, 0.2) is 0 Å². The van der Waals surface area contributed by atoms with Crippen LogP contribution in [0.1, 0.15) is 27.0 Å². The van der Waals surface area contributed by atoms with Crippen LogP contribution in [0.3, 0.4) is 0 Å². The molecule has 0 saturated heterocycles. The van der Waals surface area contributed by atoms with Crippen molar-refractivity contribution in [1.82, 2.24) is 0 Å². The van der Waals surface area contributed by atoms with Crippen LogP contribution < -0.4 is 0 Å². The summed E-state index contributed by atoms with van der Waals surface area (Å²) in [5.41, 5.74) is 0.675. The molecule has 0 heterocycles. The van der Waals surface area contributed by atoms with Crippen LogP contribution in [0.25, 0.3) is 0 Å². The lowest BCUT2D eigenvalue weighted by Gasteiger charge is -2.19. The zero-order chi connectivity index (χ0) is 11.8. The molecule has 0 aliphatic carbocycles. The molecule has 0 fully saturated rings. The molecule has 4 N–H and O–H groups in total. The van der Waals surface area contributed by atoms with Crippen LogP contribution in [-0.2, 0) is 5.97 Å². The molecule has 0 aliphatic rings. The SMILES string of the molecule is Cc1c(C(=O)O)ccc(C(O)(O)O)c1C. The van der Waals surface area contributed by atoms with Gasteiger partial charge in [0.1, 0.15) is 0 Å². The summed E-state index contributed by atoms with van der Waals surface area (Å²) in [6.45, 7) is 3.04. The van der Waals surface area contributed by atoms with Crippen molar-refractivity contribution in [3.05, 3.63) is 34.4 Å². The Morgan fingerprint density at radius 2 is 1.67 bits per heavy atom. The van der Waals surface area contributed by atoms with Gasteiger partial charge in [-0.05, 0) is 37.1 Å². The van der Waals surface area contributed by atoms with Crippen LogP contribution in [-0.4, -0.2) is 26.4 Å². The molecule has 0 bridgehead atoms. The van der Waals surface area contributed by atoms with E-state index in [9.17, 15) is 4.79 Å². The lowest BCUT2D eigenvalue weighted by molar-refractivity contribution is -0.324. The zero-order valence-electron chi connectivity index (χ0n) is 8.35. The summed E-state index contributed by atoms with van der Waals surface area (Å²) in [5.74, 6) is -4.03. The first kappa shape index (κ1) is 11.6. The third kappa shape index (κ3) is 2.15. The highest BCUT2D eigenvalue weighted by Gasteiger charge is 2.26. The van der Waals surface area contributed by atoms with Crippen molar-refractivity contribution in [2.75, 3.05) is 0 Å². The summed E-state index contributed by atoms with van der Waals surface area (Å²) < 4.78 is 0. The maximum Gasteiger partial charge on any atom is 0.335 e. The van der Waals surface area contributed by atoms with Crippen molar-refractivity contribution in [2.45, 2.75) is 19.8 Å². The van der Waals surface area contributed by atoms with Crippen molar-refractivity contribution < 1.29 is 25.2 Å². The molecule has 1 aromatic carbocycles. The summed E-state index contributed by atoms with van der Waals surface area (Å²) in [5, 5.41) is 35.8. The number of rotatable bonds is 2. The van der Waals surface area contributed by atoms with Crippen LogP contribution in [0.2, 0.25) is 0 Å².